The van der Waals surface area contributed by atoms with E-state index in [0.29, 0.717) is 0 Å². The van der Waals surface area contributed by atoms with E-state index >= 15 is 0 Å². The third-order valence-corrected chi connectivity index (χ3v) is 3.62. The molecule has 0 atom stereocenters. The molecule has 114 valence electrons. The summed E-state index contributed by atoms with van der Waals surface area (Å²) in [7, 11) is 0. The van der Waals surface area contributed by atoms with Crippen molar-refractivity contribution in [1.29, 1.82) is 0 Å². The topological polar surface area (TPSA) is 15.3 Å². The molecular weight excluding hydrogens is 280 g/mol. The molecule has 0 unspecified atom stereocenters. The molecule has 0 bridgehead atoms. The van der Waals surface area contributed by atoms with Crippen LogP contribution in [0.1, 0.15) is 0 Å². The summed E-state index contributed by atoms with van der Waals surface area (Å²) in [6.07, 6.45) is 1.92. The van der Waals surface area contributed by atoms with E-state index in [4.69, 9.17) is 0 Å². The number of para-hydroxylation sites is 2. The Morgan fingerprint density at radius 3 is 1.83 bits per heavy atom. The van der Waals surface area contributed by atoms with Crippen LogP contribution in [0, 0.1) is 0 Å². The minimum atomic E-state index is 0.773. The molecule has 2 nitrogen and oxygen atoms in total. The predicted octanol–water partition coefficient (Wildman–Crippen LogP) is 5.75. The Hall–Kier alpha value is -3.00. The Morgan fingerprint density at radius 1 is 0.696 bits per heavy atom. The second-order valence-electron chi connectivity index (χ2n) is 5.27. The van der Waals surface area contributed by atoms with Gasteiger partial charge in [-0.05, 0) is 48.5 Å². The quantitative estimate of drug-likeness (QED) is 0.583. The molecule has 0 saturated heterocycles. The van der Waals surface area contributed by atoms with E-state index in [1.165, 1.54) is 0 Å². The maximum absolute atomic E-state index is 3.87. The number of nitrogens with one attached hydrogen (secondary N) is 1. The molecule has 23 heavy (non-hydrogen) atoms. The van der Waals surface area contributed by atoms with E-state index in [1.807, 2.05) is 30.3 Å². The lowest BCUT2D eigenvalue weighted by Crippen LogP contribution is -2.16. The Morgan fingerprint density at radius 2 is 1.22 bits per heavy atom. The predicted molar refractivity (Wildman–Crippen MR) is 99.8 cm³/mol. The second-order valence-corrected chi connectivity index (χ2v) is 5.27. The van der Waals surface area contributed by atoms with Crippen LogP contribution in [0.15, 0.2) is 97.6 Å². The van der Waals surface area contributed by atoms with Gasteiger partial charge in [-0.25, -0.2) is 0 Å². The molecule has 0 spiro atoms. The maximum Gasteiger partial charge on any atom is 0.0415 e. The highest BCUT2D eigenvalue weighted by Gasteiger charge is 2.07. The number of hydrogen-bond acceptors (Lipinski definition) is 2. The van der Waals surface area contributed by atoms with Gasteiger partial charge in [-0.1, -0.05) is 42.5 Å². The van der Waals surface area contributed by atoms with Crippen LogP contribution in [-0.4, -0.2) is 6.54 Å². The highest BCUT2D eigenvalue weighted by Crippen LogP contribution is 2.27. The van der Waals surface area contributed by atoms with Crippen LogP contribution in [0.25, 0.3) is 0 Å². The molecule has 0 saturated carbocycles. The molecule has 3 aromatic carbocycles. The van der Waals surface area contributed by atoms with E-state index < -0.39 is 0 Å². The molecule has 0 aromatic heterocycles. The van der Waals surface area contributed by atoms with Gasteiger partial charge in [0.25, 0.3) is 0 Å². The van der Waals surface area contributed by atoms with Gasteiger partial charge >= 0.3 is 0 Å². The smallest absolute Gasteiger partial charge is 0.0415 e. The zero-order valence-corrected chi connectivity index (χ0v) is 13.0. The van der Waals surface area contributed by atoms with Crippen molar-refractivity contribution < 1.29 is 0 Å². The monoisotopic (exact) mass is 300 g/mol. The van der Waals surface area contributed by atoms with E-state index in [0.717, 1.165) is 29.3 Å². The first-order chi connectivity index (χ1) is 11.4. The third kappa shape index (κ3) is 3.80. The van der Waals surface area contributed by atoms with Crippen LogP contribution < -0.4 is 10.2 Å². The van der Waals surface area contributed by atoms with Crippen LogP contribution in [-0.2, 0) is 0 Å². The van der Waals surface area contributed by atoms with Crippen molar-refractivity contribution in [2.45, 2.75) is 0 Å². The van der Waals surface area contributed by atoms with Crippen molar-refractivity contribution in [1.82, 2.24) is 0 Å². The average Bonchev–Trinajstić information content (AvgIpc) is 2.62. The molecule has 3 rings (SSSR count). The molecule has 0 aliphatic heterocycles. The molecule has 2 heteroatoms. The molecule has 1 N–H and O–H groups in total. The Kier molecular flexibility index (Phi) is 4.75. The van der Waals surface area contributed by atoms with E-state index in [2.05, 4.69) is 77.5 Å². The summed E-state index contributed by atoms with van der Waals surface area (Å²) in [6, 6.07) is 29.0. The first-order valence-corrected chi connectivity index (χ1v) is 7.72. The van der Waals surface area contributed by atoms with Crippen molar-refractivity contribution in [3.05, 3.63) is 97.6 Å². The zero-order chi connectivity index (χ0) is 15.9. The fraction of sp³-hybridized carbons (Fsp3) is 0.0476. The van der Waals surface area contributed by atoms with Crippen LogP contribution >= 0.6 is 0 Å². The minimum Gasteiger partial charge on any atom is -0.356 e. The van der Waals surface area contributed by atoms with Gasteiger partial charge in [-0.15, -0.1) is 6.58 Å². The highest BCUT2D eigenvalue weighted by atomic mass is 15.1. The number of benzene rings is 3. The van der Waals surface area contributed by atoms with Gasteiger partial charge in [0.2, 0.25) is 0 Å². The van der Waals surface area contributed by atoms with Crippen molar-refractivity contribution >= 4 is 22.7 Å². The van der Waals surface area contributed by atoms with Gasteiger partial charge in [-0.3, -0.25) is 0 Å². The van der Waals surface area contributed by atoms with Gasteiger partial charge in [0.1, 0.15) is 0 Å². The van der Waals surface area contributed by atoms with Gasteiger partial charge in [0, 0.05) is 29.3 Å². The Labute approximate surface area is 137 Å². The van der Waals surface area contributed by atoms with Crippen LogP contribution in [0.2, 0.25) is 0 Å². The lowest BCUT2D eigenvalue weighted by Gasteiger charge is -2.23. The first-order valence-electron chi connectivity index (χ1n) is 7.72. The molecule has 0 aliphatic carbocycles. The van der Waals surface area contributed by atoms with Crippen LogP contribution in [0.3, 0.4) is 0 Å². The van der Waals surface area contributed by atoms with Crippen molar-refractivity contribution in [2.75, 3.05) is 16.8 Å². The second kappa shape index (κ2) is 7.32. The highest BCUT2D eigenvalue weighted by molar-refractivity contribution is 5.68. The van der Waals surface area contributed by atoms with Crippen molar-refractivity contribution in [3.8, 4) is 0 Å². The molecule has 0 heterocycles. The van der Waals surface area contributed by atoms with E-state index in [1.54, 1.807) is 0 Å². The van der Waals surface area contributed by atoms with Gasteiger partial charge in [0.05, 0.1) is 0 Å². The summed E-state index contributed by atoms with van der Waals surface area (Å²) in [6.45, 7) is 4.64. The van der Waals surface area contributed by atoms with Crippen molar-refractivity contribution in [3.63, 3.8) is 0 Å². The lowest BCUT2D eigenvalue weighted by atomic mass is 10.2. The Balaban J connectivity index is 1.81. The van der Waals surface area contributed by atoms with Crippen LogP contribution in [0.4, 0.5) is 22.7 Å². The average molecular weight is 300 g/mol. The molecule has 0 radical (unpaired) electrons. The maximum atomic E-state index is 3.87. The molecule has 0 fully saturated rings. The largest absolute Gasteiger partial charge is 0.356 e. The zero-order valence-electron chi connectivity index (χ0n) is 13.0. The summed E-state index contributed by atoms with van der Waals surface area (Å²) in [5.74, 6) is 0. The number of rotatable bonds is 6. The number of nitrogens with zero attached hydrogens (tertiary/aromatic N) is 1. The third-order valence-electron chi connectivity index (χ3n) is 3.62. The van der Waals surface area contributed by atoms with Gasteiger partial charge < -0.3 is 10.2 Å². The Bertz CT molecular complexity index is 734. The van der Waals surface area contributed by atoms with Crippen LogP contribution in [0.5, 0.6) is 0 Å². The standard InChI is InChI=1S/C21H20N2/c1-2-17-23(20-11-7-4-8-12-20)21-15-13-19(14-16-21)22-18-9-5-3-6-10-18/h2-16,22H,1,17H2. The minimum absolute atomic E-state index is 0.773. The lowest BCUT2D eigenvalue weighted by molar-refractivity contribution is 1.10. The molecule has 0 amide bonds. The van der Waals surface area contributed by atoms with E-state index in [9.17, 15) is 0 Å². The fourth-order valence-electron chi connectivity index (χ4n) is 2.51. The number of anilines is 4. The SMILES string of the molecule is C=CCN(c1ccccc1)c1ccc(Nc2ccccc2)cc1. The summed E-state index contributed by atoms with van der Waals surface area (Å²) in [5.41, 5.74) is 4.48. The molecule has 0 aliphatic rings. The first kappa shape index (κ1) is 14.9. The summed E-state index contributed by atoms with van der Waals surface area (Å²) >= 11 is 0. The number of hydrogen-bond donors (Lipinski definition) is 1. The molecule has 3 aromatic rings. The molecular formula is C21H20N2. The fourth-order valence-corrected chi connectivity index (χ4v) is 2.51. The summed E-state index contributed by atoms with van der Waals surface area (Å²) in [5, 5.41) is 3.40. The van der Waals surface area contributed by atoms with Gasteiger partial charge in [0.15, 0.2) is 0 Å². The van der Waals surface area contributed by atoms with Gasteiger partial charge in [-0.2, -0.15) is 0 Å². The summed E-state index contributed by atoms with van der Waals surface area (Å²) < 4.78 is 0. The van der Waals surface area contributed by atoms with E-state index in [-0.39, 0.29) is 0 Å². The normalized spacial score (nSPS) is 10.1. The van der Waals surface area contributed by atoms with Crippen molar-refractivity contribution in [2.24, 2.45) is 0 Å². The summed E-state index contributed by atoms with van der Waals surface area (Å²) in [4.78, 5) is 2.24.